The van der Waals surface area contributed by atoms with Crippen LogP contribution in [0.2, 0.25) is 0 Å². The van der Waals surface area contributed by atoms with Gasteiger partial charge in [0.05, 0.1) is 11.9 Å². The van der Waals surface area contributed by atoms with E-state index < -0.39 is 0 Å². The average molecular weight is 273 g/mol. The number of nitrogens with zero attached hydrogens (tertiary/aromatic N) is 3. The molecule has 3 N–H and O–H groups in total. The first kappa shape index (κ1) is 14.2. The average Bonchev–Trinajstić information content (AvgIpc) is 2.92. The molecule has 0 aliphatic carbocycles. The Labute approximate surface area is 118 Å². The van der Waals surface area contributed by atoms with Gasteiger partial charge in [-0.3, -0.25) is 4.79 Å². The van der Waals surface area contributed by atoms with Crippen LogP contribution in [-0.2, 0) is 24.3 Å². The van der Waals surface area contributed by atoms with Crippen LogP contribution >= 0.6 is 0 Å². The summed E-state index contributed by atoms with van der Waals surface area (Å²) in [7, 11) is 0. The molecule has 20 heavy (non-hydrogen) atoms. The maximum absolute atomic E-state index is 11.7. The summed E-state index contributed by atoms with van der Waals surface area (Å²) in [6.07, 6.45) is 3.56. The van der Waals surface area contributed by atoms with Crippen LogP contribution in [0.5, 0.6) is 0 Å². The Hall–Kier alpha value is -2.21. The van der Waals surface area contributed by atoms with Gasteiger partial charge in [-0.2, -0.15) is 0 Å². The lowest BCUT2D eigenvalue weighted by molar-refractivity contribution is -0.121. The molecule has 0 saturated heterocycles. The van der Waals surface area contributed by atoms with Crippen molar-refractivity contribution in [1.29, 1.82) is 0 Å². The molecule has 2 aromatic rings. The van der Waals surface area contributed by atoms with Crippen LogP contribution in [0.25, 0.3) is 0 Å². The first-order chi connectivity index (χ1) is 9.78. The number of nitrogens with one attached hydrogen (secondary N) is 1. The van der Waals surface area contributed by atoms with Crippen molar-refractivity contribution in [1.82, 2.24) is 20.3 Å². The summed E-state index contributed by atoms with van der Waals surface area (Å²) in [5.41, 5.74) is 7.40. The highest BCUT2D eigenvalue weighted by molar-refractivity contribution is 5.75. The van der Waals surface area contributed by atoms with Crippen molar-refractivity contribution >= 4 is 5.91 Å². The van der Waals surface area contributed by atoms with Crippen molar-refractivity contribution in [3.05, 3.63) is 47.8 Å². The van der Waals surface area contributed by atoms with E-state index in [1.807, 2.05) is 18.2 Å². The molecule has 0 atom stereocenters. The van der Waals surface area contributed by atoms with Crippen molar-refractivity contribution in [3.63, 3.8) is 0 Å². The minimum Gasteiger partial charge on any atom is -0.354 e. The third kappa shape index (κ3) is 4.47. The van der Waals surface area contributed by atoms with E-state index in [1.165, 1.54) is 10.2 Å². The van der Waals surface area contributed by atoms with Gasteiger partial charge in [0.25, 0.3) is 0 Å². The minimum atomic E-state index is -0.0634. The quantitative estimate of drug-likeness (QED) is 0.719. The van der Waals surface area contributed by atoms with E-state index in [9.17, 15) is 4.79 Å². The zero-order valence-corrected chi connectivity index (χ0v) is 11.3. The van der Waals surface area contributed by atoms with Gasteiger partial charge in [-0.25, -0.2) is 4.68 Å². The van der Waals surface area contributed by atoms with E-state index in [0.717, 1.165) is 12.8 Å². The largest absolute Gasteiger partial charge is 0.354 e. The van der Waals surface area contributed by atoms with Gasteiger partial charge < -0.3 is 11.1 Å². The first-order valence-corrected chi connectivity index (χ1v) is 6.67. The molecule has 6 nitrogen and oxygen atoms in total. The fraction of sp³-hybridized carbons (Fsp3) is 0.357. The van der Waals surface area contributed by atoms with Gasteiger partial charge in [0.15, 0.2) is 0 Å². The molecule has 1 amide bonds. The second-order valence-corrected chi connectivity index (χ2v) is 4.55. The van der Waals surface area contributed by atoms with Crippen LogP contribution in [0.4, 0.5) is 0 Å². The molecule has 1 heterocycles. The number of carbonyl (C=O) groups is 1. The van der Waals surface area contributed by atoms with E-state index in [-0.39, 0.29) is 12.5 Å². The molecule has 0 unspecified atom stereocenters. The second kappa shape index (κ2) is 7.40. The third-order valence-electron chi connectivity index (χ3n) is 2.91. The van der Waals surface area contributed by atoms with Gasteiger partial charge in [0.1, 0.15) is 6.54 Å². The summed E-state index contributed by atoms with van der Waals surface area (Å²) in [6, 6.07) is 10.2. The van der Waals surface area contributed by atoms with Crippen LogP contribution in [0, 0.1) is 0 Å². The maximum Gasteiger partial charge on any atom is 0.241 e. The Balaban J connectivity index is 1.65. The van der Waals surface area contributed by atoms with Gasteiger partial charge in [0.2, 0.25) is 5.91 Å². The summed E-state index contributed by atoms with van der Waals surface area (Å²) >= 11 is 0. The SMILES string of the molecule is NCc1cn(CC(=O)NCCCc2ccccc2)nn1. The number of hydrogen-bond donors (Lipinski definition) is 2. The van der Waals surface area contributed by atoms with Crippen LogP contribution < -0.4 is 11.1 Å². The maximum atomic E-state index is 11.7. The van der Waals surface area contributed by atoms with Crippen LogP contribution in [0.15, 0.2) is 36.5 Å². The number of aromatic nitrogens is 3. The fourth-order valence-electron chi connectivity index (χ4n) is 1.88. The summed E-state index contributed by atoms with van der Waals surface area (Å²) < 4.78 is 1.49. The Kier molecular flexibility index (Phi) is 5.25. The molecular weight excluding hydrogens is 254 g/mol. The molecule has 106 valence electrons. The highest BCUT2D eigenvalue weighted by atomic mass is 16.2. The highest BCUT2D eigenvalue weighted by Gasteiger charge is 2.04. The minimum absolute atomic E-state index is 0.0634. The molecule has 0 radical (unpaired) electrons. The van der Waals surface area contributed by atoms with E-state index in [4.69, 9.17) is 5.73 Å². The topological polar surface area (TPSA) is 85.8 Å². The lowest BCUT2D eigenvalue weighted by Crippen LogP contribution is -2.28. The molecular formula is C14H19N5O. The van der Waals surface area contributed by atoms with Crippen molar-refractivity contribution < 1.29 is 4.79 Å². The van der Waals surface area contributed by atoms with Gasteiger partial charge in [-0.15, -0.1) is 5.10 Å². The lowest BCUT2D eigenvalue weighted by Gasteiger charge is -2.05. The molecule has 1 aromatic heterocycles. The molecule has 6 heteroatoms. The van der Waals surface area contributed by atoms with Gasteiger partial charge >= 0.3 is 0 Å². The number of nitrogens with two attached hydrogens (primary N) is 1. The number of amides is 1. The summed E-state index contributed by atoms with van der Waals surface area (Å²) in [6.45, 7) is 1.17. The Morgan fingerprint density at radius 3 is 2.80 bits per heavy atom. The van der Waals surface area contributed by atoms with E-state index in [1.54, 1.807) is 6.20 Å². The van der Waals surface area contributed by atoms with Crippen molar-refractivity contribution in [3.8, 4) is 0 Å². The van der Waals surface area contributed by atoms with Crippen molar-refractivity contribution in [2.75, 3.05) is 6.54 Å². The zero-order valence-electron chi connectivity index (χ0n) is 11.3. The summed E-state index contributed by atoms with van der Waals surface area (Å²) in [5, 5.41) is 10.5. The first-order valence-electron chi connectivity index (χ1n) is 6.67. The van der Waals surface area contributed by atoms with E-state index in [0.29, 0.717) is 18.8 Å². The normalized spacial score (nSPS) is 10.4. The van der Waals surface area contributed by atoms with Gasteiger partial charge in [0, 0.05) is 13.1 Å². The number of benzene rings is 1. The van der Waals surface area contributed by atoms with Crippen LogP contribution in [0.1, 0.15) is 17.7 Å². The predicted molar refractivity (Wildman–Crippen MR) is 75.7 cm³/mol. The van der Waals surface area contributed by atoms with Crippen LogP contribution in [-0.4, -0.2) is 27.4 Å². The molecule has 0 fully saturated rings. The fourth-order valence-corrected chi connectivity index (χ4v) is 1.88. The summed E-state index contributed by atoms with van der Waals surface area (Å²) in [5.74, 6) is -0.0634. The number of hydrogen-bond acceptors (Lipinski definition) is 4. The van der Waals surface area contributed by atoms with E-state index in [2.05, 4.69) is 27.8 Å². The van der Waals surface area contributed by atoms with Crippen molar-refractivity contribution in [2.24, 2.45) is 5.73 Å². The Morgan fingerprint density at radius 1 is 1.30 bits per heavy atom. The van der Waals surface area contributed by atoms with Gasteiger partial charge in [-0.1, -0.05) is 35.5 Å². The number of aryl methyl sites for hydroxylation is 1. The predicted octanol–water partition coefficient (Wildman–Crippen LogP) is 0.486. The molecule has 0 aliphatic rings. The molecule has 0 aliphatic heterocycles. The molecule has 0 bridgehead atoms. The number of carbonyl (C=O) groups excluding carboxylic acids is 1. The standard InChI is InChI=1S/C14H19N5O/c15-9-13-10-19(18-17-13)11-14(20)16-8-4-7-12-5-2-1-3-6-12/h1-3,5-6,10H,4,7-9,11,15H2,(H,16,20). The monoisotopic (exact) mass is 273 g/mol. The lowest BCUT2D eigenvalue weighted by atomic mass is 10.1. The molecule has 2 rings (SSSR count). The Bertz CT molecular complexity index is 538. The van der Waals surface area contributed by atoms with E-state index >= 15 is 0 Å². The van der Waals surface area contributed by atoms with Crippen molar-refractivity contribution in [2.45, 2.75) is 25.9 Å². The molecule has 1 aromatic carbocycles. The molecule has 0 saturated carbocycles. The Morgan fingerprint density at radius 2 is 2.10 bits per heavy atom. The second-order valence-electron chi connectivity index (χ2n) is 4.55. The summed E-state index contributed by atoms with van der Waals surface area (Å²) in [4.78, 5) is 11.7. The molecule has 0 spiro atoms. The third-order valence-corrected chi connectivity index (χ3v) is 2.91. The van der Waals surface area contributed by atoms with Gasteiger partial charge in [-0.05, 0) is 18.4 Å². The smallest absolute Gasteiger partial charge is 0.241 e. The number of rotatable bonds is 7. The van der Waals surface area contributed by atoms with Crippen LogP contribution in [0.3, 0.4) is 0 Å². The zero-order chi connectivity index (χ0) is 14.2. The highest BCUT2D eigenvalue weighted by Crippen LogP contribution is 2.01.